The average Bonchev–Trinajstić information content (AvgIpc) is 2.97. The first kappa shape index (κ1) is 19.0. The van der Waals surface area contributed by atoms with Gasteiger partial charge in [-0.1, -0.05) is 57.2 Å². The number of para-hydroxylation sites is 1. The van der Waals surface area contributed by atoms with Crippen molar-refractivity contribution in [1.82, 2.24) is 4.98 Å². The normalized spacial score (nSPS) is 16.6. The predicted octanol–water partition coefficient (Wildman–Crippen LogP) is 6.41. The fourth-order valence-electron chi connectivity index (χ4n) is 4.10. The number of aryl methyl sites for hydroxylation is 3. The number of aromatic nitrogens is 1. The molecule has 0 amide bonds. The highest BCUT2D eigenvalue weighted by molar-refractivity contribution is 5.33. The Balaban J connectivity index is 1.51. The molecular formula is C23H33NO2. The number of ether oxygens (including phenoxy) is 1. The first-order valence-electron chi connectivity index (χ1n) is 10.3. The summed E-state index contributed by atoms with van der Waals surface area (Å²) in [6, 6.07) is 8.39. The second-order valence-corrected chi connectivity index (χ2v) is 8.03. The summed E-state index contributed by atoms with van der Waals surface area (Å²) in [4.78, 5) is 4.40. The quantitative estimate of drug-likeness (QED) is 0.549. The van der Waals surface area contributed by atoms with Gasteiger partial charge in [-0.15, -0.1) is 0 Å². The van der Waals surface area contributed by atoms with Crippen LogP contribution in [0.15, 0.2) is 28.7 Å². The molecule has 0 radical (unpaired) electrons. The topological polar surface area (TPSA) is 35.3 Å². The summed E-state index contributed by atoms with van der Waals surface area (Å²) >= 11 is 0. The Kier molecular flexibility index (Phi) is 6.76. The van der Waals surface area contributed by atoms with Crippen molar-refractivity contribution in [3.05, 3.63) is 47.2 Å². The van der Waals surface area contributed by atoms with Gasteiger partial charge >= 0.3 is 0 Å². The maximum atomic E-state index is 6.02. The molecule has 0 saturated heterocycles. The zero-order chi connectivity index (χ0) is 18.4. The molecule has 1 aliphatic rings. The minimum absolute atomic E-state index is 0.392. The van der Waals surface area contributed by atoms with E-state index in [1.807, 2.05) is 19.9 Å². The molecule has 26 heavy (non-hydrogen) atoms. The van der Waals surface area contributed by atoms with Gasteiger partial charge in [0.1, 0.15) is 11.5 Å². The lowest BCUT2D eigenvalue weighted by Crippen LogP contribution is -2.11. The van der Waals surface area contributed by atoms with Gasteiger partial charge in [0.05, 0.1) is 5.69 Å². The highest BCUT2D eigenvalue weighted by atomic mass is 16.5. The lowest BCUT2D eigenvalue weighted by molar-refractivity contribution is 0.256. The molecule has 1 heterocycles. The van der Waals surface area contributed by atoms with Crippen LogP contribution in [0.5, 0.6) is 5.75 Å². The van der Waals surface area contributed by atoms with E-state index in [-0.39, 0.29) is 0 Å². The van der Waals surface area contributed by atoms with Crippen LogP contribution in [0.3, 0.4) is 0 Å². The standard InChI is InChI=1S/C23H33NO2/c1-17(15-20-9-5-4-6-10-20)13-14-21-11-7-8-12-22(21)25-16-23-24-18(2)19(3)26-23/h7-8,11-12,17,20H,4-6,9-10,13-16H2,1-3H3. The third kappa shape index (κ3) is 5.36. The number of rotatable bonds is 8. The van der Waals surface area contributed by atoms with E-state index in [4.69, 9.17) is 9.15 Å². The van der Waals surface area contributed by atoms with Crippen LogP contribution in [0.4, 0.5) is 0 Å². The molecule has 2 aromatic rings. The van der Waals surface area contributed by atoms with E-state index in [2.05, 4.69) is 30.1 Å². The molecule has 3 rings (SSSR count). The maximum absolute atomic E-state index is 6.02. The fraction of sp³-hybridized carbons (Fsp3) is 0.609. The van der Waals surface area contributed by atoms with Crippen LogP contribution in [0, 0.1) is 25.7 Å². The van der Waals surface area contributed by atoms with Crippen LogP contribution >= 0.6 is 0 Å². The molecule has 3 heteroatoms. The van der Waals surface area contributed by atoms with Crippen LogP contribution in [-0.4, -0.2) is 4.98 Å². The maximum Gasteiger partial charge on any atom is 0.232 e. The molecule has 1 aromatic carbocycles. The first-order chi connectivity index (χ1) is 12.6. The van der Waals surface area contributed by atoms with Crippen molar-refractivity contribution in [2.75, 3.05) is 0 Å². The van der Waals surface area contributed by atoms with Gasteiger partial charge in [0.2, 0.25) is 5.89 Å². The van der Waals surface area contributed by atoms with E-state index in [1.54, 1.807) is 0 Å². The first-order valence-corrected chi connectivity index (χ1v) is 10.3. The van der Waals surface area contributed by atoms with E-state index in [0.29, 0.717) is 12.5 Å². The predicted molar refractivity (Wildman–Crippen MR) is 105 cm³/mol. The van der Waals surface area contributed by atoms with Gasteiger partial charge in [0, 0.05) is 0 Å². The average molecular weight is 356 g/mol. The van der Waals surface area contributed by atoms with Crippen molar-refractivity contribution in [2.45, 2.75) is 78.7 Å². The van der Waals surface area contributed by atoms with Gasteiger partial charge in [-0.3, -0.25) is 0 Å². The van der Waals surface area contributed by atoms with E-state index in [1.165, 1.54) is 50.5 Å². The van der Waals surface area contributed by atoms with Crippen LogP contribution in [0.1, 0.15) is 74.8 Å². The van der Waals surface area contributed by atoms with Gasteiger partial charge in [-0.2, -0.15) is 0 Å². The summed E-state index contributed by atoms with van der Waals surface area (Å²) in [7, 11) is 0. The second-order valence-electron chi connectivity index (χ2n) is 8.03. The molecule has 1 saturated carbocycles. The van der Waals surface area contributed by atoms with Crippen LogP contribution in [0.25, 0.3) is 0 Å². The summed E-state index contributed by atoms with van der Waals surface area (Å²) in [5.74, 6) is 4.23. The zero-order valence-electron chi connectivity index (χ0n) is 16.6. The summed E-state index contributed by atoms with van der Waals surface area (Å²) in [5.41, 5.74) is 2.23. The summed E-state index contributed by atoms with van der Waals surface area (Å²) in [6.07, 6.45) is 10.9. The summed E-state index contributed by atoms with van der Waals surface area (Å²) in [6.45, 7) is 6.71. The molecule has 0 N–H and O–H groups in total. The number of oxazole rings is 1. The second kappa shape index (κ2) is 9.25. The van der Waals surface area contributed by atoms with Gasteiger partial charge in [0.25, 0.3) is 0 Å². The molecule has 3 nitrogen and oxygen atoms in total. The fourth-order valence-corrected chi connectivity index (χ4v) is 4.10. The minimum Gasteiger partial charge on any atom is -0.484 e. The Morgan fingerprint density at radius 1 is 1.15 bits per heavy atom. The van der Waals surface area contributed by atoms with Crippen molar-refractivity contribution in [2.24, 2.45) is 11.8 Å². The number of hydrogen-bond donors (Lipinski definition) is 0. The third-order valence-corrected chi connectivity index (χ3v) is 5.76. The molecule has 1 aromatic heterocycles. The smallest absolute Gasteiger partial charge is 0.232 e. The number of hydrogen-bond acceptors (Lipinski definition) is 3. The van der Waals surface area contributed by atoms with E-state index in [0.717, 1.165) is 35.5 Å². The monoisotopic (exact) mass is 355 g/mol. The Morgan fingerprint density at radius 3 is 2.65 bits per heavy atom. The number of benzene rings is 1. The zero-order valence-corrected chi connectivity index (χ0v) is 16.6. The Morgan fingerprint density at radius 2 is 1.92 bits per heavy atom. The molecule has 1 unspecified atom stereocenters. The van der Waals surface area contributed by atoms with Crippen LogP contribution < -0.4 is 4.74 Å². The third-order valence-electron chi connectivity index (χ3n) is 5.76. The molecule has 0 aliphatic heterocycles. The highest BCUT2D eigenvalue weighted by Gasteiger charge is 2.17. The van der Waals surface area contributed by atoms with E-state index in [9.17, 15) is 0 Å². The Labute approximate surface area is 158 Å². The molecule has 0 bridgehead atoms. The summed E-state index contributed by atoms with van der Waals surface area (Å²) in [5, 5.41) is 0. The molecule has 0 spiro atoms. The van der Waals surface area contributed by atoms with E-state index < -0.39 is 0 Å². The molecular weight excluding hydrogens is 322 g/mol. The van der Waals surface area contributed by atoms with Crippen molar-refractivity contribution >= 4 is 0 Å². The lowest BCUT2D eigenvalue weighted by Gasteiger charge is -2.24. The van der Waals surface area contributed by atoms with Gasteiger partial charge in [-0.25, -0.2) is 4.98 Å². The van der Waals surface area contributed by atoms with Gasteiger partial charge in [0.15, 0.2) is 6.61 Å². The van der Waals surface area contributed by atoms with Crippen molar-refractivity contribution in [3.63, 3.8) is 0 Å². The highest BCUT2D eigenvalue weighted by Crippen LogP contribution is 2.31. The van der Waals surface area contributed by atoms with Crippen LogP contribution in [-0.2, 0) is 13.0 Å². The Bertz CT molecular complexity index is 666. The van der Waals surface area contributed by atoms with Gasteiger partial charge < -0.3 is 9.15 Å². The van der Waals surface area contributed by atoms with Gasteiger partial charge in [-0.05, 0) is 56.6 Å². The summed E-state index contributed by atoms with van der Waals surface area (Å²) < 4.78 is 11.6. The number of nitrogens with zero attached hydrogens (tertiary/aromatic N) is 1. The molecule has 142 valence electrons. The van der Waals surface area contributed by atoms with Crippen molar-refractivity contribution in [3.8, 4) is 5.75 Å². The van der Waals surface area contributed by atoms with Crippen molar-refractivity contribution < 1.29 is 9.15 Å². The molecule has 1 atom stereocenters. The SMILES string of the molecule is Cc1nc(COc2ccccc2CCC(C)CC2CCCCC2)oc1C. The molecule has 1 aliphatic carbocycles. The minimum atomic E-state index is 0.392. The largest absolute Gasteiger partial charge is 0.484 e. The van der Waals surface area contributed by atoms with Crippen molar-refractivity contribution in [1.29, 1.82) is 0 Å². The molecule has 1 fully saturated rings. The Hall–Kier alpha value is -1.77. The lowest BCUT2D eigenvalue weighted by atomic mass is 9.82. The van der Waals surface area contributed by atoms with E-state index >= 15 is 0 Å². The van der Waals surface area contributed by atoms with Crippen LogP contribution in [0.2, 0.25) is 0 Å².